The minimum atomic E-state index is -3.05. The van der Waals surface area contributed by atoms with Crippen LogP contribution in [0.5, 0.6) is 0 Å². The molecule has 2 aliphatic rings. The molecule has 1 aliphatic carbocycles. The van der Waals surface area contributed by atoms with E-state index in [2.05, 4.69) is 5.32 Å². The van der Waals surface area contributed by atoms with Gasteiger partial charge >= 0.3 is 0 Å². The first-order chi connectivity index (χ1) is 9.47. The molecule has 0 radical (unpaired) electrons. The molecule has 116 valence electrons. The number of amides is 1. The zero-order valence-corrected chi connectivity index (χ0v) is 13.1. The van der Waals surface area contributed by atoms with Crippen molar-refractivity contribution < 1.29 is 13.2 Å². The van der Waals surface area contributed by atoms with Crippen LogP contribution in [0.15, 0.2) is 0 Å². The fraction of sp³-hybridized carbons (Fsp3) is 0.929. The molecule has 1 N–H and O–H groups in total. The summed E-state index contributed by atoms with van der Waals surface area (Å²) in [4.78, 5) is 12.0. The van der Waals surface area contributed by atoms with E-state index in [-0.39, 0.29) is 11.8 Å². The van der Waals surface area contributed by atoms with Gasteiger partial charge in [-0.1, -0.05) is 19.3 Å². The van der Waals surface area contributed by atoms with E-state index in [1.807, 2.05) is 0 Å². The summed E-state index contributed by atoms with van der Waals surface area (Å²) in [5, 5.41) is 3.07. The first-order valence-corrected chi connectivity index (χ1v) is 9.54. The maximum absolute atomic E-state index is 12.0. The van der Waals surface area contributed by atoms with Crippen LogP contribution in [0.3, 0.4) is 0 Å². The number of hydrogen-bond acceptors (Lipinski definition) is 3. The van der Waals surface area contributed by atoms with Crippen LogP contribution >= 0.6 is 0 Å². The van der Waals surface area contributed by atoms with Crippen LogP contribution in [0, 0.1) is 11.8 Å². The van der Waals surface area contributed by atoms with Crippen molar-refractivity contribution in [3.63, 3.8) is 0 Å². The Morgan fingerprint density at radius 2 is 1.70 bits per heavy atom. The van der Waals surface area contributed by atoms with Crippen molar-refractivity contribution in [2.24, 2.45) is 11.8 Å². The average molecular weight is 302 g/mol. The Hall–Kier alpha value is -0.620. The first-order valence-electron chi connectivity index (χ1n) is 7.69. The summed E-state index contributed by atoms with van der Waals surface area (Å²) >= 11 is 0. The van der Waals surface area contributed by atoms with E-state index in [1.165, 1.54) is 29.8 Å². The fourth-order valence-corrected chi connectivity index (χ4v) is 4.07. The van der Waals surface area contributed by atoms with Crippen LogP contribution in [-0.4, -0.2) is 44.5 Å². The standard InChI is InChI=1S/C14H26N2O3S/c1-20(18,19)16-9-7-12(8-10-16)11-15-14(17)13-5-3-2-4-6-13/h12-13H,2-11H2,1H3,(H,15,17). The van der Waals surface area contributed by atoms with Crippen molar-refractivity contribution in [1.29, 1.82) is 0 Å². The highest BCUT2D eigenvalue weighted by Gasteiger charge is 2.26. The van der Waals surface area contributed by atoms with Gasteiger partial charge in [0.05, 0.1) is 6.26 Å². The van der Waals surface area contributed by atoms with Gasteiger partial charge < -0.3 is 5.32 Å². The Labute approximate surface area is 122 Å². The predicted molar refractivity (Wildman–Crippen MR) is 78.7 cm³/mol. The van der Waals surface area contributed by atoms with Crippen LogP contribution in [0.1, 0.15) is 44.9 Å². The Morgan fingerprint density at radius 3 is 2.25 bits per heavy atom. The second kappa shape index (κ2) is 6.89. The van der Waals surface area contributed by atoms with E-state index in [9.17, 15) is 13.2 Å². The van der Waals surface area contributed by atoms with Crippen molar-refractivity contribution in [3.8, 4) is 0 Å². The van der Waals surface area contributed by atoms with Gasteiger partial charge in [-0.25, -0.2) is 12.7 Å². The lowest BCUT2D eigenvalue weighted by Crippen LogP contribution is -2.42. The van der Waals surface area contributed by atoms with Crippen molar-refractivity contribution in [2.75, 3.05) is 25.9 Å². The van der Waals surface area contributed by atoms with E-state index < -0.39 is 10.0 Å². The number of hydrogen-bond donors (Lipinski definition) is 1. The quantitative estimate of drug-likeness (QED) is 0.852. The van der Waals surface area contributed by atoms with Crippen molar-refractivity contribution in [3.05, 3.63) is 0 Å². The molecule has 6 heteroatoms. The molecule has 0 aromatic carbocycles. The minimum absolute atomic E-state index is 0.204. The zero-order valence-electron chi connectivity index (χ0n) is 12.3. The minimum Gasteiger partial charge on any atom is -0.356 e. The van der Waals surface area contributed by atoms with E-state index in [1.54, 1.807) is 0 Å². The molecule has 1 heterocycles. The molecule has 5 nitrogen and oxygen atoms in total. The van der Waals surface area contributed by atoms with Gasteiger partial charge in [-0.15, -0.1) is 0 Å². The first kappa shape index (κ1) is 15.8. The summed E-state index contributed by atoms with van der Waals surface area (Å²) in [5.74, 6) is 0.829. The highest BCUT2D eigenvalue weighted by atomic mass is 32.2. The molecule has 0 spiro atoms. The highest BCUT2D eigenvalue weighted by Crippen LogP contribution is 2.24. The zero-order chi connectivity index (χ0) is 14.6. The fourth-order valence-electron chi connectivity index (χ4n) is 3.20. The van der Waals surface area contributed by atoms with Crippen molar-refractivity contribution in [1.82, 2.24) is 9.62 Å². The predicted octanol–water partition coefficient (Wildman–Crippen LogP) is 1.35. The second-order valence-electron chi connectivity index (χ2n) is 6.19. The molecule has 0 bridgehead atoms. The van der Waals surface area contributed by atoms with Crippen molar-refractivity contribution in [2.45, 2.75) is 44.9 Å². The van der Waals surface area contributed by atoms with Crippen LogP contribution in [0.2, 0.25) is 0 Å². The van der Waals surface area contributed by atoms with Crippen LogP contribution in [0.25, 0.3) is 0 Å². The summed E-state index contributed by atoms with van der Waals surface area (Å²) < 4.78 is 24.4. The number of nitrogens with one attached hydrogen (secondary N) is 1. The molecule has 1 aliphatic heterocycles. The molecule has 0 aromatic rings. The third-order valence-corrected chi connectivity index (χ3v) is 5.89. The van der Waals surface area contributed by atoms with E-state index >= 15 is 0 Å². The molecular weight excluding hydrogens is 276 g/mol. The largest absolute Gasteiger partial charge is 0.356 e. The van der Waals surface area contributed by atoms with Crippen LogP contribution < -0.4 is 5.32 Å². The summed E-state index contributed by atoms with van der Waals surface area (Å²) in [6, 6.07) is 0. The maximum atomic E-state index is 12.0. The topological polar surface area (TPSA) is 66.5 Å². The molecular formula is C14H26N2O3S. The normalized spacial score (nSPS) is 23.6. The summed E-state index contributed by atoms with van der Waals surface area (Å²) in [5.41, 5.74) is 0. The lowest BCUT2D eigenvalue weighted by molar-refractivity contribution is -0.126. The molecule has 1 saturated carbocycles. The van der Waals surface area contributed by atoms with Gasteiger partial charge in [-0.2, -0.15) is 0 Å². The number of piperidine rings is 1. The third-order valence-electron chi connectivity index (χ3n) is 4.58. The summed E-state index contributed by atoms with van der Waals surface area (Å²) in [6.45, 7) is 1.87. The van der Waals surface area contributed by atoms with E-state index in [0.717, 1.165) is 25.7 Å². The van der Waals surface area contributed by atoms with Gasteiger partial charge in [0, 0.05) is 25.6 Å². The Balaban J connectivity index is 1.69. The molecule has 20 heavy (non-hydrogen) atoms. The number of rotatable bonds is 4. The third kappa shape index (κ3) is 4.45. The molecule has 1 saturated heterocycles. The number of carbonyl (C=O) groups is 1. The lowest BCUT2D eigenvalue weighted by Gasteiger charge is -2.30. The van der Waals surface area contributed by atoms with Crippen molar-refractivity contribution >= 4 is 15.9 Å². The van der Waals surface area contributed by atoms with E-state index in [4.69, 9.17) is 0 Å². The summed E-state index contributed by atoms with van der Waals surface area (Å²) in [7, 11) is -3.05. The molecule has 1 amide bonds. The monoisotopic (exact) mass is 302 g/mol. The molecule has 2 fully saturated rings. The average Bonchev–Trinajstić information content (AvgIpc) is 2.45. The Kier molecular flexibility index (Phi) is 5.43. The second-order valence-corrected chi connectivity index (χ2v) is 8.17. The summed E-state index contributed by atoms with van der Waals surface area (Å²) in [6.07, 6.45) is 8.61. The van der Waals surface area contributed by atoms with Crippen LogP contribution in [0.4, 0.5) is 0 Å². The van der Waals surface area contributed by atoms with Gasteiger partial charge in [-0.05, 0) is 31.6 Å². The van der Waals surface area contributed by atoms with Gasteiger partial charge in [0.25, 0.3) is 0 Å². The van der Waals surface area contributed by atoms with Gasteiger partial charge in [0.1, 0.15) is 0 Å². The Bertz CT molecular complexity index is 422. The molecule has 0 atom stereocenters. The number of sulfonamides is 1. The molecule has 2 rings (SSSR count). The van der Waals surface area contributed by atoms with Crippen LogP contribution in [-0.2, 0) is 14.8 Å². The molecule has 0 unspecified atom stereocenters. The lowest BCUT2D eigenvalue weighted by atomic mass is 9.88. The highest BCUT2D eigenvalue weighted by molar-refractivity contribution is 7.88. The van der Waals surface area contributed by atoms with Gasteiger partial charge in [0.2, 0.25) is 15.9 Å². The van der Waals surface area contributed by atoms with E-state index in [0.29, 0.717) is 25.6 Å². The number of carbonyl (C=O) groups excluding carboxylic acids is 1. The maximum Gasteiger partial charge on any atom is 0.223 e. The van der Waals surface area contributed by atoms with Gasteiger partial charge in [0.15, 0.2) is 0 Å². The number of nitrogens with zero attached hydrogens (tertiary/aromatic N) is 1. The Morgan fingerprint density at radius 1 is 1.10 bits per heavy atom. The SMILES string of the molecule is CS(=O)(=O)N1CCC(CNC(=O)C2CCCCC2)CC1. The smallest absolute Gasteiger partial charge is 0.223 e. The molecule has 0 aromatic heterocycles. The van der Waals surface area contributed by atoms with Gasteiger partial charge in [-0.3, -0.25) is 4.79 Å².